The van der Waals surface area contributed by atoms with Crippen molar-refractivity contribution in [1.82, 2.24) is 0 Å². The number of aliphatic hydroxyl groups excluding tert-OH is 1. The zero-order valence-corrected chi connectivity index (χ0v) is 10.3. The van der Waals surface area contributed by atoms with Gasteiger partial charge in [0.1, 0.15) is 0 Å². The minimum absolute atomic E-state index is 0.166. The quantitative estimate of drug-likeness (QED) is 0.478. The van der Waals surface area contributed by atoms with Gasteiger partial charge in [-0.3, -0.25) is 4.79 Å². The summed E-state index contributed by atoms with van der Waals surface area (Å²) in [5.74, 6) is -2.19. The fourth-order valence-corrected chi connectivity index (χ4v) is 1.09. The molecule has 6 nitrogen and oxygen atoms in total. The van der Waals surface area contributed by atoms with Gasteiger partial charge in [0.25, 0.3) is 5.78 Å². The zero-order chi connectivity index (χ0) is 14.1. The minimum Gasteiger partial charge on any atom is -0.465 e. The van der Waals surface area contributed by atoms with E-state index in [4.69, 9.17) is 5.11 Å². The smallest absolute Gasteiger partial charge is 0.379 e. The van der Waals surface area contributed by atoms with E-state index in [1.54, 1.807) is 0 Å². The molecule has 6 heteroatoms. The minimum atomic E-state index is -0.939. The largest absolute Gasteiger partial charge is 0.465 e. The van der Waals surface area contributed by atoms with Crippen LogP contribution in [0.2, 0.25) is 0 Å². The average molecular weight is 254 g/mol. The number of aliphatic hydroxyl groups is 1. The summed E-state index contributed by atoms with van der Waals surface area (Å²) < 4.78 is 8.77. The fourth-order valence-electron chi connectivity index (χ4n) is 1.09. The molecule has 0 aliphatic rings. The summed E-state index contributed by atoms with van der Waals surface area (Å²) >= 11 is 0. The van der Waals surface area contributed by atoms with E-state index < -0.39 is 17.7 Å². The first-order valence-electron chi connectivity index (χ1n) is 4.86. The molecule has 1 aromatic rings. The molecule has 0 aliphatic carbocycles. The van der Waals surface area contributed by atoms with Crippen LogP contribution in [0.4, 0.5) is 0 Å². The molecule has 0 unspecified atom stereocenters. The van der Waals surface area contributed by atoms with Crippen molar-refractivity contribution in [2.75, 3.05) is 21.3 Å². The standard InChI is InChI=1S/C11H10O5.CH4O/c1-15-10(13)8-5-3-7(4-6-8)9(12)11(14)16-2;1-2/h3-6H,1-2H3;2H,1H3. The summed E-state index contributed by atoms with van der Waals surface area (Å²) in [6.07, 6.45) is 0. The summed E-state index contributed by atoms with van der Waals surface area (Å²) in [6, 6.07) is 5.54. The Labute approximate surface area is 104 Å². The van der Waals surface area contributed by atoms with Crippen LogP contribution in [0.5, 0.6) is 0 Å². The molecule has 0 fully saturated rings. The van der Waals surface area contributed by atoms with Gasteiger partial charge >= 0.3 is 11.9 Å². The lowest BCUT2D eigenvalue weighted by atomic mass is 10.1. The topological polar surface area (TPSA) is 89.9 Å². The Balaban J connectivity index is 0.00000137. The van der Waals surface area contributed by atoms with Crippen molar-refractivity contribution in [3.05, 3.63) is 35.4 Å². The molecular formula is C12H14O6. The number of esters is 2. The number of carbonyl (C=O) groups is 3. The van der Waals surface area contributed by atoms with E-state index in [1.165, 1.54) is 31.4 Å². The molecule has 0 amide bonds. The molecule has 1 aromatic carbocycles. The monoisotopic (exact) mass is 254 g/mol. The van der Waals surface area contributed by atoms with E-state index in [2.05, 4.69) is 9.47 Å². The number of carbonyl (C=O) groups excluding carboxylic acids is 3. The van der Waals surface area contributed by atoms with E-state index in [0.29, 0.717) is 5.56 Å². The maximum Gasteiger partial charge on any atom is 0.379 e. The van der Waals surface area contributed by atoms with Gasteiger partial charge in [-0.15, -0.1) is 0 Å². The van der Waals surface area contributed by atoms with Crippen LogP contribution in [0, 0.1) is 0 Å². The Morgan fingerprint density at radius 2 is 1.33 bits per heavy atom. The van der Waals surface area contributed by atoms with Gasteiger partial charge in [0.05, 0.1) is 19.8 Å². The van der Waals surface area contributed by atoms with Gasteiger partial charge in [0.15, 0.2) is 0 Å². The van der Waals surface area contributed by atoms with Gasteiger partial charge in [-0.05, 0) is 24.3 Å². The van der Waals surface area contributed by atoms with E-state index in [9.17, 15) is 14.4 Å². The molecule has 1 N–H and O–H groups in total. The normalized spacial score (nSPS) is 8.67. The predicted molar refractivity (Wildman–Crippen MR) is 62.3 cm³/mol. The molecule has 0 aliphatic heterocycles. The first-order chi connectivity index (χ1) is 8.60. The van der Waals surface area contributed by atoms with Gasteiger partial charge in [0.2, 0.25) is 0 Å². The summed E-state index contributed by atoms with van der Waals surface area (Å²) in [4.78, 5) is 33.3. The number of hydrogen-bond acceptors (Lipinski definition) is 6. The number of benzene rings is 1. The second-order valence-corrected chi connectivity index (χ2v) is 2.89. The molecule has 98 valence electrons. The van der Waals surface area contributed by atoms with Gasteiger partial charge in [-0.1, -0.05) is 0 Å². The van der Waals surface area contributed by atoms with Crippen LogP contribution in [-0.4, -0.2) is 44.2 Å². The van der Waals surface area contributed by atoms with Gasteiger partial charge < -0.3 is 14.6 Å². The lowest BCUT2D eigenvalue weighted by molar-refractivity contribution is -0.135. The molecule has 0 aromatic heterocycles. The van der Waals surface area contributed by atoms with Crippen LogP contribution in [0.25, 0.3) is 0 Å². The lowest BCUT2D eigenvalue weighted by Gasteiger charge is -2.01. The third kappa shape index (κ3) is 3.99. The Kier molecular flexibility index (Phi) is 6.99. The lowest BCUT2D eigenvalue weighted by Crippen LogP contribution is -2.15. The summed E-state index contributed by atoms with van der Waals surface area (Å²) in [5, 5.41) is 7.00. The van der Waals surface area contributed by atoms with Gasteiger partial charge in [-0.25, -0.2) is 9.59 Å². The van der Waals surface area contributed by atoms with Crippen LogP contribution in [0.1, 0.15) is 20.7 Å². The Morgan fingerprint density at radius 3 is 1.72 bits per heavy atom. The highest BCUT2D eigenvalue weighted by atomic mass is 16.5. The van der Waals surface area contributed by atoms with Crippen molar-refractivity contribution in [3.8, 4) is 0 Å². The molecule has 18 heavy (non-hydrogen) atoms. The van der Waals surface area contributed by atoms with Gasteiger partial charge in [-0.2, -0.15) is 0 Å². The number of ether oxygens (including phenoxy) is 2. The van der Waals surface area contributed by atoms with Crippen molar-refractivity contribution >= 4 is 17.7 Å². The van der Waals surface area contributed by atoms with Gasteiger partial charge in [0, 0.05) is 12.7 Å². The van der Waals surface area contributed by atoms with Crippen molar-refractivity contribution in [1.29, 1.82) is 0 Å². The second kappa shape index (κ2) is 7.97. The average Bonchev–Trinajstić information content (AvgIpc) is 2.47. The maximum atomic E-state index is 11.3. The highest BCUT2D eigenvalue weighted by molar-refractivity contribution is 6.40. The Bertz CT molecular complexity index is 421. The van der Waals surface area contributed by atoms with Crippen molar-refractivity contribution < 1.29 is 29.0 Å². The van der Waals surface area contributed by atoms with Crippen LogP contribution >= 0.6 is 0 Å². The third-order valence-corrected chi connectivity index (χ3v) is 1.94. The van der Waals surface area contributed by atoms with E-state index in [1.807, 2.05) is 0 Å². The second-order valence-electron chi connectivity index (χ2n) is 2.89. The van der Waals surface area contributed by atoms with E-state index >= 15 is 0 Å². The van der Waals surface area contributed by atoms with Crippen molar-refractivity contribution in [2.45, 2.75) is 0 Å². The van der Waals surface area contributed by atoms with Crippen LogP contribution in [-0.2, 0) is 14.3 Å². The summed E-state index contributed by atoms with van der Waals surface area (Å²) in [5.41, 5.74) is 0.475. The molecule has 0 saturated heterocycles. The highest BCUT2D eigenvalue weighted by Gasteiger charge is 2.16. The molecule has 0 radical (unpaired) electrons. The molecule has 0 atom stereocenters. The van der Waals surface area contributed by atoms with Crippen molar-refractivity contribution in [2.24, 2.45) is 0 Å². The van der Waals surface area contributed by atoms with Crippen molar-refractivity contribution in [3.63, 3.8) is 0 Å². The Morgan fingerprint density at radius 1 is 0.889 bits per heavy atom. The SMILES string of the molecule is CO.COC(=O)C(=O)c1ccc(C(=O)OC)cc1. The number of hydrogen-bond donors (Lipinski definition) is 1. The number of ketones is 1. The predicted octanol–water partition coefficient (Wildman–Crippen LogP) is 0.437. The fraction of sp³-hybridized carbons (Fsp3) is 0.250. The number of rotatable bonds is 3. The molecule has 0 bridgehead atoms. The molecule has 0 heterocycles. The highest BCUT2D eigenvalue weighted by Crippen LogP contribution is 2.07. The van der Waals surface area contributed by atoms with E-state index in [0.717, 1.165) is 14.2 Å². The third-order valence-electron chi connectivity index (χ3n) is 1.94. The zero-order valence-electron chi connectivity index (χ0n) is 10.3. The molecule has 0 saturated carbocycles. The molecule has 1 rings (SSSR count). The number of methoxy groups -OCH3 is 2. The maximum absolute atomic E-state index is 11.3. The van der Waals surface area contributed by atoms with Crippen LogP contribution in [0.15, 0.2) is 24.3 Å². The molecule has 0 spiro atoms. The first kappa shape index (κ1) is 15.8. The van der Waals surface area contributed by atoms with E-state index in [-0.39, 0.29) is 5.56 Å². The molecular weight excluding hydrogens is 240 g/mol. The summed E-state index contributed by atoms with van der Waals surface area (Å²) in [7, 11) is 3.39. The Hall–Kier alpha value is -2.21. The van der Waals surface area contributed by atoms with Crippen LogP contribution in [0.3, 0.4) is 0 Å². The summed E-state index contributed by atoms with van der Waals surface area (Å²) in [6.45, 7) is 0. The first-order valence-corrected chi connectivity index (χ1v) is 4.86. The van der Waals surface area contributed by atoms with Crippen LogP contribution < -0.4 is 0 Å². The number of Topliss-reactive ketones (excluding diaryl/α,β-unsaturated/α-hetero) is 1.